The van der Waals surface area contributed by atoms with Crippen LogP contribution in [0, 0.1) is 0 Å². The van der Waals surface area contributed by atoms with Gasteiger partial charge in [-0.15, -0.1) is 0 Å². The van der Waals surface area contributed by atoms with Gasteiger partial charge in [0.1, 0.15) is 0 Å². The Kier molecular flexibility index (Phi) is 13.1. The average molecular weight is 1160 g/mol. The number of nitrogens with zero attached hydrogens (tertiary/aromatic N) is 2. The zero-order valence-corrected chi connectivity index (χ0v) is 50.0. The maximum atomic E-state index is 2.42. The summed E-state index contributed by atoms with van der Waals surface area (Å²) >= 11 is 0. The molecule has 426 valence electrons. The summed E-state index contributed by atoms with van der Waals surface area (Å²) in [4.78, 5) is 4.78. The van der Waals surface area contributed by atoms with Crippen molar-refractivity contribution in [2.45, 2.75) is 5.41 Å². The minimum absolute atomic E-state index is 0.511. The Hall–Kier alpha value is -11.8. The predicted octanol–water partition coefficient (Wildman–Crippen LogP) is 24.2. The van der Waals surface area contributed by atoms with Gasteiger partial charge in [-0.3, -0.25) is 0 Å². The summed E-state index contributed by atoms with van der Waals surface area (Å²) in [7, 11) is 0. The molecule has 0 N–H and O–H groups in total. The van der Waals surface area contributed by atoms with Crippen molar-refractivity contribution in [3.05, 3.63) is 386 Å². The molecule has 0 spiro atoms. The van der Waals surface area contributed by atoms with E-state index in [0.29, 0.717) is 0 Å². The largest absolute Gasteiger partial charge is 0.310 e. The number of hydrogen-bond donors (Lipinski definition) is 0. The van der Waals surface area contributed by atoms with Crippen molar-refractivity contribution in [3.8, 4) is 66.8 Å². The predicted molar refractivity (Wildman–Crippen MR) is 384 cm³/mol. The molecular formula is C89H60N2. The molecule has 2 heteroatoms. The number of hydrogen-bond acceptors (Lipinski definition) is 2. The molecule has 16 aromatic rings. The van der Waals surface area contributed by atoms with E-state index < -0.39 is 5.41 Å². The molecule has 0 fully saturated rings. The lowest BCUT2D eigenvalue weighted by Crippen LogP contribution is -2.28. The monoisotopic (exact) mass is 1160 g/mol. The smallest absolute Gasteiger partial charge is 0.0714 e. The van der Waals surface area contributed by atoms with Crippen LogP contribution in [-0.2, 0) is 5.41 Å². The van der Waals surface area contributed by atoms with Crippen molar-refractivity contribution in [2.75, 3.05) is 9.80 Å². The van der Waals surface area contributed by atoms with Crippen molar-refractivity contribution in [1.29, 1.82) is 0 Å². The van der Waals surface area contributed by atoms with Gasteiger partial charge in [0.25, 0.3) is 0 Å². The second-order valence-electron chi connectivity index (χ2n) is 23.8. The van der Waals surface area contributed by atoms with Crippen LogP contribution in [-0.4, -0.2) is 0 Å². The minimum atomic E-state index is -0.511. The fourth-order valence-corrected chi connectivity index (χ4v) is 14.9. The van der Waals surface area contributed by atoms with E-state index in [4.69, 9.17) is 0 Å². The highest BCUT2D eigenvalue weighted by molar-refractivity contribution is 6.27. The SMILES string of the molecule is c1ccc(-c2ccccc2-c2ccccc2-c2cccc(N(c3ccccc3)c3ccc(-c4ccc5ccc6c(-c7ccc(N(c8ccccc8)c8cccc(C9(c%10ccccc%10)c%10ccccc%10-c%10ccccc%109)c8)cc7)ccc7ccc4c5c76)cc3)c2)cc1. The summed E-state index contributed by atoms with van der Waals surface area (Å²) in [5.41, 5.74) is 25.6. The maximum absolute atomic E-state index is 2.42. The van der Waals surface area contributed by atoms with Crippen LogP contribution in [0.15, 0.2) is 364 Å². The van der Waals surface area contributed by atoms with E-state index >= 15 is 0 Å². The summed E-state index contributed by atoms with van der Waals surface area (Å²) < 4.78 is 0. The number of para-hydroxylation sites is 2. The summed E-state index contributed by atoms with van der Waals surface area (Å²) in [6.45, 7) is 0. The molecule has 2 nitrogen and oxygen atoms in total. The molecule has 0 aliphatic heterocycles. The van der Waals surface area contributed by atoms with Crippen LogP contribution in [0.1, 0.15) is 22.3 Å². The summed E-state index contributed by atoms with van der Waals surface area (Å²) in [6, 6.07) is 134. The fraction of sp³-hybridized carbons (Fsp3) is 0.0112. The first-order chi connectivity index (χ1) is 45.2. The highest BCUT2D eigenvalue weighted by Gasteiger charge is 2.46. The Balaban J connectivity index is 0.717. The van der Waals surface area contributed by atoms with Crippen LogP contribution in [0.3, 0.4) is 0 Å². The molecule has 0 amide bonds. The Morgan fingerprint density at radius 3 is 1.03 bits per heavy atom. The van der Waals surface area contributed by atoms with Crippen LogP contribution in [0.2, 0.25) is 0 Å². The Labute approximate surface area is 531 Å². The first-order valence-corrected chi connectivity index (χ1v) is 31.5. The number of rotatable bonds is 13. The lowest BCUT2D eigenvalue weighted by molar-refractivity contribution is 0.768. The number of fused-ring (bicyclic) bond motifs is 3. The van der Waals surface area contributed by atoms with Crippen LogP contribution < -0.4 is 9.80 Å². The number of benzene rings is 16. The van der Waals surface area contributed by atoms with Gasteiger partial charge in [-0.2, -0.15) is 0 Å². The molecule has 0 saturated heterocycles. The van der Waals surface area contributed by atoms with E-state index in [2.05, 4.69) is 374 Å². The molecule has 91 heavy (non-hydrogen) atoms. The third-order valence-electron chi connectivity index (χ3n) is 18.9. The third kappa shape index (κ3) is 9.02. The summed E-state index contributed by atoms with van der Waals surface area (Å²) in [6.07, 6.45) is 0. The normalized spacial score (nSPS) is 12.3. The highest BCUT2D eigenvalue weighted by atomic mass is 15.1. The van der Waals surface area contributed by atoms with Crippen LogP contribution >= 0.6 is 0 Å². The molecule has 0 radical (unpaired) electrons. The van der Waals surface area contributed by atoms with Crippen molar-refractivity contribution in [2.24, 2.45) is 0 Å². The van der Waals surface area contributed by atoms with Gasteiger partial charge in [-0.05, 0) is 194 Å². The standard InChI is InChI=1S/C89H60N2/c1-5-23-61(24-6-1)75-35-13-15-37-79(75)80-38-16-14-36-76(80)66-25-21-33-73(59-66)90(69-29-9-3-10-30-69)71-51-43-62(44-52-71)77-55-47-64-50-58-84-78(56-48-65-49-57-83(77)87(64)88(65)84)63-45-53-72(54-46-63)91(70-31-11-4-12-32-70)74-34-22-28-68(60-74)89(67-26-7-2-8-27-67)85-41-19-17-39-81(85)82-40-18-20-42-86(82)89/h1-60H. The zero-order chi connectivity index (χ0) is 60.2. The molecule has 0 atom stereocenters. The van der Waals surface area contributed by atoms with Crippen molar-refractivity contribution < 1.29 is 0 Å². The van der Waals surface area contributed by atoms with Crippen molar-refractivity contribution in [1.82, 2.24) is 0 Å². The van der Waals surface area contributed by atoms with Gasteiger partial charge < -0.3 is 9.80 Å². The fourth-order valence-electron chi connectivity index (χ4n) is 14.9. The molecule has 0 unspecified atom stereocenters. The highest BCUT2D eigenvalue weighted by Crippen LogP contribution is 2.57. The van der Waals surface area contributed by atoms with E-state index in [1.807, 2.05) is 0 Å². The third-order valence-corrected chi connectivity index (χ3v) is 18.9. The second-order valence-corrected chi connectivity index (χ2v) is 23.8. The summed E-state index contributed by atoms with van der Waals surface area (Å²) in [5.74, 6) is 0. The maximum Gasteiger partial charge on any atom is 0.0714 e. The molecule has 1 aliphatic carbocycles. The van der Waals surface area contributed by atoms with Gasteiger partial charge in [0.2, 0.25) is 0 Å². The Bertz CT molecular complexity index is 5280. The topological polar surface area (TPSA) is 6.48 Å². The van der Waals surface area contributed by atoms with Crippen LogP contribution in [0.25, 0.3) is 99.1 Å². The molecule has 17 rings (SSSR count). The van der Waals surface area contributed by atoms with Gasteiger partial charge in [0.05, 0.1) is 5.41 Å². The van der Waals surface area contributed by atoms with Crippen LogP contribution in [0.4, 0.5) is 34.1 Å². The van der Waals surface area contributed by atoms with Crippen molar-refractivity contribution in [3.63, 3.8) is 0 Å². The molecule has 1 aliphatic rings. The molecular weight excluding hydrogens is 1100 g/mol. The van der Waals surface area contributed by atoms with Gasteiger partial charge in [0, 0.05) is 34.1 Å². The van der Waals surface area contributed by atoms with Gasteiger partial charge >= 0.3 is 0 Å². The second kappa shape index (κ2) is 22.4. The Morgan fingerprint density at radius 1 is 0.187 bits per heavy atom. The average Bonchev–Trinajstić information content (AvgIpc) is 1.60. The first kappa shape index (κ1) is 53.4. The first-order valence-electron chi connectivity index (χ1n) is 31.5. The number of anilines is 6. The van der Waals surface area contributed by atoms with E-state index in [9.17, 15) is 0 Å². The van der Waals surface area contributed by atoms with E-state index in [-0.39, 0.29) is 0 Å². The molecule has 0 bridgehead atoms. The summed E-state index contributed by atoms with van der Waals surface area (Å²) in [5, 5.41) is 7.55. The molecule has 0 aromatic heterocycles. The van der Waals surface area contributed by atoms with E-state index in [1.165, 1.54) is 116 Å². The molecule has 0 saturated carbocycles. The van der Waals surface area contributed by atoms with Crippen LogP contribution in [0.5, 0.6) is 0 Å². The molecule has 0 heterocycles. The van der Waals surface area contributed by atoms with Gasteiger partial charge in [0.15, 0.2) is 0 Å². The van der Waals surface area contributed by atoms with E-state index in [1.54, 1.807) is 0 Å². The quantitative estimate of drug-likeness (QED) is 0.106. The Morgan fingerprint density at radius 2 is 0.527 bits per heavy atom. The van der Waals surface area contributed by atoms with Gasteiger partial charge in [-0.1, -0.05) is 291 Å². The van der Waals surface area contributed by atoms with Crippen molar-refractivity contribution >= 4 is 66.4 Å². The van der Waals surface area contributed by atoms with Gasteiger partial charge in [-0.25, -0.2) is 0 Å². The molecule has 16 aromatic carbocycles. The zero-order valence-electron chi connectivity index (χ0n) is 50.0. The van der Waals surface area contributed by atoms with E-state index in [0.717, 1.165) is 39.7 Å². The lowest BCUT2D eigenvalue weighted by Gasteiger charge is -2.35. The minimum Gasteiger partial charge on any atom is -0.310 e. The lowest BCUT2D eigenvalue weighted by atomic mass is 9.67.